The van der Waals surface area contributed by atoms with Gasteiger partial charge < -0.3 is 10.3 Å². The van der Waals surface area contributed by atoms with Crippen LogP contribution < -0.4 is 5.73 Å². The van der Waals surface area contributed by atoms with E-state index in [0.29, 0.717) is 23.5 Å². The molecule has 0 saturated carbocycles. The van der Waals surface area contributed by atoms with Gasteiger partial charge in [-0.1, -0.05) is 24.3 Å². The van der Waals surface area contributed by atoms with Crippen LogP contribution in [0.5, 0.6) is 0 Å². The summed E-state index contributed by atoms with van der Waals surface area (Å²) in [6.45, 7) is 0.392. The van der Waals surface area contributed by atoms with Crippen LogP contribution in [-0.2, 0) is 6.54 Å². The first kappa shape index (κ1) is 14.9. The van der Waals surface area contributed by atoms with Crippen molar-refractivity contribution in [2.24, 2.45) is 5.73 Å². The summed E-state index contributed by atoms with van der Waals surface area (Å²) >= 11 is 0. The zero-order chi connectivity index (χ0) is 16.4. The Kier molecular flexibility index (Phi) is 3.89. The number of nitrogens with zero attached hydrogens (tertiary/aromatic N) is 2. The van der Waals surface area contributed by atoms with E-state index in [-0.39, 0.29) is 5.84 Å². The van der Waals surface area contributed by atoms with Crippen LogP contribution in [0.2, 0.25) is 0 Å². The Hall–Kier alpha value is -3.02. The molecule has 0 fully saturated rings. The summed E-state index contributed by atoms with van der Waals surface area (Å²) in [5, 5.41) is 7.63. The zero-order valence-electron chi connectivity index (χ0n) is 12.1. The second-order valence-corrected chi connectivity index (χ2v) is 5.11. The number of nitrogen functional groups attached to an aromatic ring is 1. The fourth-order valence-electron chi connectivity index (χ4n) is 2.48. The lowest BCUT2D eigenvalue weighted by molar-refractivity contribution is 0.583. The third-order valence-corrected chi connectivity index (χ3v) is 3.48. The molecule has 116 valence electrons. The van der Waals surface area contributed by atoms with Crippen molar-refractivity contribution in [3.8, 4) is 11.4 Å². The van der Waals surface area contributed by atoms with Crippen molar-refractivity contribution in [1.29, 1.82) is 5.41 Å². The maximum Gasteiger partial charge on any atom is 0.140 e. The van der Waals surface area contributed by atoms with Crippen LogP contribution >= 0.6 is 0 Å². The van der Waals surface area contributed by atoms with Gasteiger partial charge in [0.1, 0.15) is 23.3 Å². The lowest BCUT2D eigenvalue weighted by Crippen LogP contribution is -2.15. The van der Waals surface area contributed by atoms with E-state index < -0.39 is 11.6 Å². The summed E-state index contributed by atoms with van der Waals surface area (Å²) in [5.41, 5.74) is 7.40. The summed E-state index contributed by atoms with van der Waals surface area (Å²) < 4.78 is 28.6. The summed E-state index contributed by atoms with van der Waals surface area (Å²) in [4.78, 5) is 4.18. The number of nitrogens with two attached hydrogens (primary N) is 1. The number of rotatable bonds is 4. The fraction of sp³-hybridized carbons (Fsp3) is 0.0588. The van der Waals surface area contributed by atoms with E-state index in [2.05, 4.69) is 4.98 Å². The van der Waals surface area contributed by atoms with Gasteiger partial charge in [-0.05, 0) is 17.7 Å². The molecule has 0 unspecified atom stereocenters. The molecule has 4 nitrogen and oxygen atoms in total. The highest BCUT2D eigenvalue weighted by atomic mass is 19.1. The molecule has 3 aromatic rings. The first-order valence-electron chi connectivity index (χ1n) is 6.94. The summed E-state index contributed by atoms with van der Waals surface area (Å²) in [6.07, 6.45) is 3.28. The Morgan fingerprint density at radius 1 is 1.13 bits per heavy atom. The van der Waals surface area contributed by atoms with Gasteiger partial charge in [0.2, 0.25) is 0 Å². The molecule has 1 aromatic heterocycles. The van der Waals surface area contributed by atoms with Crippen LogP contribution in [0, 0.1) is 17.0 Å². The Morgan fingerprint density at radius 3 is 2.52 bits per heavy atom. The van der Waals surface area contributed by atoms with Gasteiger partial charge >= 0.3 is 0 Å². The Labute approximate surface area is 131 Å². The van der Waals surface area contributed by atoms with Crippen molar-refractivity contribution >= 4 is 5.84 Å². The van der Waals surface area contributed by atoms with E-state index in [1.165, 1.54) is 12.1 Å². The first-order valence-corrected chi connectivity index (χ1v) is 6.94. The van der Waals surface area contributed by atoms with Crippen LogP contribution in [-0.4, -0.2) is 15.4 Å². The summed E-state index contributed by atoms with van der Waals surface area (Å²) in [7, 11) is 0. The number of amidine groups is 1. The molecule has 3 N–H and O–H groups in total. The van der Waals surface area contributed by atoms with E-state index in [9.17, 15) is 8.78 Å². The molecule has 0 aliphatic rings. The van der Waals surface area contributed by atoms with Gasteiger partial charge in [-0.2, -0.15) is 0 Å². The number of hydrogen-bond donors (Lipinski definition) is 2. The van der Waals surface area contributed by atoms with E-state index in [1.807, 2.05) is 12.1 Å². The van der Waals surface area contributed by atoms with Gasteiger partial charge in [-0.25, -0.2) is 13.8 Å². The molecule has 0 amide bonds. The van der Waals surface area contributed by atoms with Crippen LogP contribution in [0.25, 0.3) is 11.4 Å². The largest absolute Gasteiger partial charge is 0.384 e. The smallest absolute Gasteiger partial charge is 0.140 e. The number of benzene rings is 2. The molecular formula is C17H14F2N4. The predicted octanol–water partition coefficient (Wildman–Crippen LogP) is 3.16. The van der Waals surface area contributed by atoms with Gasteiger partial charge in [-0.15, -0.1) is 0 Å². The van der Waals surface area contributed by atoms with Crippen molar-refractivity contribution in [2.75, 3.05) is 0 Å². The van der Waals surface area contributed by atoms with E-state index in [4.69, 9.17) is 11.1 Å². The van der Waals surface area contributed by atoms with Crippen molar-refractivity contribution in [3.05, 3.63) is 77.6 Å². The molecule has 0 aliphatic heterocycles. The van der Waals surface area contributed by atoms with Gasteiger partial charge in [0, 0.05) is 36.1 Å². The molecule has 2 aromatic carbocycles. The molecule has 0 bridgehead atoms. The van der Waals surface area contributed by atoms with Gasteiger partial charge in [0.15, 0.2) is 0 Å². The summed E-state index contributed by atoms with van der Waals surface area (Å²) in [5.74, 6) is -0.891. The third kappa shape index (κ3) is 3.11. The van der Waals surface area contributed by atoms with Crippen LogP contribution in [0.4, 0.5) is 8.78 Å². The van der Waals surface area contributed by atoms with Crippen molar-refractivity contribution in [2.45, 2.75) is 6.54 Å². The molecule has 1 heterocycles. The third-order valence-electron chi connectivity index (χ3n) is 3.48. The monoisotopic (exact) mass is 312 g/mol. The molecule has 23 heavy (non-hydrogen) atoms. The maximum absolute atomic E-state index is 13.4. The topological polar surface area (TPSA) is 67.7 Å². The first-order chi connectivity index (χ1) is 11.0. The SMILES string of the molecule is N=C(N)c1ccccc1Cn1ccnc1-c1cc(F)cc(F)c1. The van der Waals surface area contributed by atoms with Crippen molar-refractivity contribution in [1.82, 2.24) is 9.55 Å². The second-order valence-electron chi connectivity index (χ2n) is 5.11. The molecule has 0 radical (unpaired) electrons. The average molecular weight is 312 g/mol. The number of hydrogen-bond acceptors (Lipinski definition) is 2. The Morgan fingerprint density at radius 2 is 1.83 bits per heavy atom. The highest BCUT2D eigenvalue weighted by Crippen LogP contribution is 2.22. The standard InChI is InChI=1S/C17H14F2N4/c18-13-7-12(8-14(19)9-13)17-22-5-6-23(17)10-11-3-1-2-4-15(11)16(20)21/h1-9H,10H2,(H3,20,21). The highest BCUT2D eigenvalue weighted by Gasteiger charge is 2.11. The number of halogens is 2. The van der Waals surface area contributed by atoms with Gasteiger partial charge in [-0.3, -0.25) is 5.41 Å². The highest BCUT2D eigenvalue weighted by molar-refractivity contribution is 5.96. The van der Waals surface area contributed by atoms with E-state index in [0.717, 1.165) is 11.6 Å². The van der Waals surface area contributed by atoms with Crippen molar-refractivity contribution < 1.29 is 8.78 Å². The van der Waals surface area contributed by atoms with Crippen LogP contribution in [0.3, 0.4) is 0 Å². The van der Waals surface area contributed by atoms with E-state index >= 15 is 0 Å². The maximum atomic E-state index is 13.4. The predicted molar refractivity (Wildman–Crippen MR) is 84.1 cm³/mol. The fourth-order valence-corrected chi connectivity index (χ4v) is 2.48. The number of aromatic nitrogens is 2. The Bertz CT molecular complexity index is 850. The molecule has 3 rings (SSSR count). The minimum Gasteiger partial charge on any atom is -0.384 e. The van der Waals surface area contributed by atoms with Crippen LogP contribution in [0.1, 0.15) is 11.1 Å². The van der Waals surface area contributed by atoms with Gasteiger partial charge in [0.25, 0.3) is 0 Å². The normalized spacial score (nSPS) is 10.7. The lowest BCUT2D eigenvalue weighted by atomic mass is 10.1. The average Bonchev–Trinajstić information content (AvgIpc) is 2.95. The zero-order valence-corrected chi connectivity index (χ0v) is 12.1. The molecule has 0 atom stereocenters. The molecule has 0 spiro atoms. The quantitative estimate of drug-likeness (QED) is 0.574. The molecule has 0 aliphatic carbocycles. The lowest BCUT2D eigenvalue weighted by Gasteiger charge is -2.12. The van der Waals surface area contributed by atoms with Gasteiger partial charge in [0.05, 0.1) is 0 Å². The Balaban J connectivity index is 2.01. The molecule has 6 heteroatoms. The number of nitrogens with one attached hydrogen (secondary N) is 1. The minimum atomic E-state index is -0.654. The second kappa shape index (κ2) is 6.00. The molecular weight excluding hydrogens is 298 g/mol. The minimum absolute atomic E-state index is 0.0286. The van der Waals surface area contributed by atoms with Crippen molar-refractivity contribution in [3.63, 3.8) is 0 Å². The summed E-state index contributed by atoms with van der Waals surface area (Å²) in [6, 6.07) is 10.6. The van der Waals surface area contributed by atoms with E-state index in [1.54, 1.807) is 29.1 Å². The number of imidazole rings is 1. The van der Waals surface area contributed by atoms with Crippen LogP contribution in [0.15, 0.2) is 54.9 Å². The molecule has 0 saturated heterocycles.